The fourth-order valence-electron chi connectivity index (χ4n) is 2.32. The Morgan fingerprint density at radius 1 is 0.864 bits per heavy atom. The van der Waals surface area contributed by atoms with Crippen molar-refractivity contribution in [3.8, 4) is 0 Å². The molecule has 1 unspecified atom stereocenters. The van der Waals surface area contributed by atoms with Crippen molar-refractivity contribution in [3.05, 3.63) is 65.5 Å². The number of nitrogens with one attached hydrogen (secondary N) is 2. The zero-order valence-corrected chi connectivity index (χ0v) is 13.8. The van der Waals surface area contributed by atoms with Gasteiger partial charge in [-0.25, -0.2) is 0 Å². The highest BCUT2D eigenvalue weighted by Crippen LogP contribution is 2.08. The smallest absolute Gasteiger partial charge is 0.0541 e. The van der Waals surface area contributed by atoms with Gasteiger partial charge in [0.25, 0.3) is 0 Å². The van der Waals surface area contributed by atoms with Gasteiger partial charge in [0.05, 0.1) is 5.69 Å². The number of rotatable bonds is 8. The number of aromatic nitrogens is 1. The Morgan fingerprint density at radius 3 is 2.23 bits per heavy atom. The summed E-state index contributed by atoms with van der Waals surface area (Å²) in [5.41, 5.74) is 3.80. The van der Waals surface area contributed by atoms with Crippen LogP contribution in [0.5, 0.6) is 0 Å². The van der Waals surface area contributed by atoms with Gasteiger partial charge >= 0.3 is 0 Å². The Kier molecular flexibility index (Phi) is 6.56. The monoisotopic (exact) mass is 297 g/mol. The number of pyridine rings is 1. The van der Waals surface area contributed by atoms with Crippen LogP contribution in [0.25, 0.3) is 0 Å². The summed E-state index contributed by atoms with van der Waals surface area (Å²) in [6, 6.07) is 15.9. The first kappa shape index (κ1) is 16.7. The van der Waals surface area contributed by atoms with Gasteiger partial charge in [0.15, 0.2) is 0 Å². The Balaban J connectivity index is 1.77. The lowest BCUT2D eigenvalue weighted by Crippen LogP contribution is -2.27. The van der Waals surface area contributed by atoms with Crippen molar-refractivity contribution in [2.45, 2.75) is 52.4 Å². The third-order valence-electron chi connectivity index (χ3n) is 3.64. The topological polar surface area (TPSA) is 37.0 Å². The van der Waals surface area contributed by atoms with E-state index in [0.717, 1.165) is 25.2 Å². The summed E-state index contributed by atoms with van der Waals surface area (Å²) < 4.78 is 0. The maximum atomic E-state index is 4.33. The standard InChI is InChI=1S/C19H27N3/c1-15(2)21-13-18-9-7-17(8-10-18)12-16(3)22-14-19-6-4-5-11-20-19/h4-11,15-16,21-22H,12-14H2,1-3H3. The summed E-state index contributed by atoms with van der Waals surface area (Å²) in [4.78, 5) is 4.33. The third-order valence-corrected chi connectivity index (χ3v) is 3.64. The van der Waals surface area contributed by atoms with Crippen LogP contribution in [0.15, 0.2) is 48.7 Å². The highest BCUT2D eigenvalue weighted by molar-refractivity contribution is 5.23. The number of benzene rings is 1. The number of nitrogens with zero attached hydrogens (tertiary/aromatic N) is 1. The maximum Gasteiger partial charge on any atom is 0.0541 e. The molecule has 0 spiro atoms. The molecule has 2 aromatic rings. The molecule has 0 saturated heterocycles. The average molecular weight is 297 g/mol. The van der Waals surface area contributed by atoms with Gasteiger partial charge in [-0.2, -0.15) is 0 Å². The van der Waals surface area contributed by atoms with Gasteiger partial charge in [-0.15, -0.1) is 0 Å². The lowest BCUT2D eigenvalue weighted by Gasteiger charge is -2.14. The Morgan fingerprint density at radius 2 is 1.59 bits per heavy atom. The molecular formula is C19H27N3. The summed E-state index contributed by atoms with van der Waals surface area (Å²) in [5, 5.41) is 6.97. The molecule has 0 radical (unpaired) electrons. The van der Waals surface area contributed by atoms with Crippen LogP contribution in [0.2, 0.25) is 0 Å². The fraction of sp³-hybridized carbons (Fsp3) is 0.421. The van der Waals surface area contributed by atoms with Crippen LogP contribution in [-0.2, 0) is 19.5 Å². The molecule has 0 saturated carbocycles. The summed E-state index contributed by atoms with van der Waals surface area (Å²) in [6.45, 7) is 8.31. The van der Waals surface area contributed by atoms with Crippen molar-refractivity contribution >= 4 is 0 Å². The molecule has 3 nitrogen and oxygen atoms in total. The SMILES string of the molecule is CC(C)NCc1ccc(CC(C)NCc2ccccn2)cc1. The van der Waals surface area contributed by atoms with Crippen molar-refractivity contribution in [3.63, 3.8) is 0 Å². The van der Waals surface area contributed by atoms with E-state index in [9.17, 15) is 0 Å². The number of hydrogen-bond donors (Lipinski definition) is 2. The molecule has 0 aliphatic heterocycles. The minimum atomic E-state index is 0.432. The van der Waals surface area contributed by atoms with Crippen LogP contribution in [0.4, 0.5) is 0 Å². The largest absolute Gasteiger partial charge is 0.310 e. The van der Waals surface area contributed by atoms with Gasteiger partial charge in [-0.1, -0.05) is 44.2 Å². The number of hydrogen-bond acceptors (Lipinski definition) is 3. The van der Waals surface area contributed by atoms with E-state index in [1.807, 2.05) is 18.3 Å². The van der Waals surface area contributed by atoms with E-state index in [0.29, 0.717) is 12.1 Å². The Labute approximate surface area is 134 Å². The summed E-state index contributed by atoms with van der Waals surface area (Å²) in [7, 11) is 0. The van der Waals surface area contributed by atoms with Crippen LogP contribution in [0.3, 0.4) is 0 Å². The minimum Gasteiger partial charge on any atom is -0.310 e. The van der Waals surface area contributed by atoms with Gasteiger partial charge in [0.1, 0.15) is 0 Å². The Hall–Kier alpha value is -1.71. The van der Waals surface area contributed by atoms with Crippen LogP contribution >= 0.6 is 0 Å². The van der Waals surface area contributed by atoms with E-state index in [2.05, 4.69) is 66.7 Å². The molecule has 0 amide bonds. The second-order valence-corrected chi connectivity index (χ2v) is 6.16. The van der Waals surface area contributed by atoms with Crippen molar-refractivity contribution in [2.75, 3.05) is 0 Å². The van der Waals surface area contributed by atoms with Crippen LogP contribution < -0.4 is 10.6 Å². The van der Waals surface area contributed by atoms with Crippen molar-refractivity contribution in [1.82, 2.24) is 15.6 Å². The molecule has 1 atom stereocenters. The van der Waals surface area contributed by atoms with Gasteiger partial charge in [-0.05, 0) is 36.6 Å². The van der Waals surface area contributed by atoms with Gasteiger partial charge < -0.3 is 10.6 Å². The molecule has 2 N–H and O–H groups in total. The first-order valence-corrected chi connectivity index (χ1v) is 8.08. The van der Waals surface area contributed by atoms with Crippen molar-refractivity contribution < 1.29 is 0 Å². The van der Waals surface area contributed by atoms with E-state index >= 15 is 0 Å². The molecule has 118 valence electrons. The first-order chi connectivity index (χ1) is 10.6. The fourth-order valence-corrected chi connectivity index (χ4v) is 2.32. The zero-order chi connectivity index (χ0) is 15.8. The molecule has 1 aromatic carbocycles. The van der Waals surface area contributed by atoms with Crippen molar-refractivity contribution in [2.24, 2.45) is 0 Å². The second kappa shape index (κ2) is 8.66. The maximum absolute atomic E-state index is 4.33. The predicted molar refractivity (Wildman–Crippen MR) is 92.7 cm³/mol. The van der Waals surface area contributed by atoms with E-state index in [1.165, 1.54) is 11.1 Å². The second-order valence-electron chi connectivity index (χ2n) is 6.16. The highest BCUT2D eigenvalue weighted by Gasteiger charge is 2.04. The normalized spacial score (nSPS) is 12.5. The van der Waals surface area contributed by atoms with Gasteiger partial charge in [0.2, 0.25) is 0 Å². The molecule has 22 heavy (non-hydrogen) atoms. The molecule has 1 aromatic heterocycles. The average Bonchev–Trinajstić information content (AvgIpc) is 2.53. The summed E-state index contributed by atoms with van der Waals surface area (Å²) in [6.07, 6.45) is 2.87. The lowest BCUT2D eigenvalue weighted by atomic mass is 10.0. The van der Waals surface area contributed by atoms with Crippen LogP contribution in [-0.4, -0.2) is 17.1 Å². The lowest BCUT2D eigenvalue weighted by molar-refractivity contribution is 0.540. The predicted octanol–water partition coefficient (Wildman–Crippen LogP) is 3.30. The Bertz CT molecular complexity index is 534. The van der Waals surface area contributed by atoms with Gasteiger partial charge in [-0.3, -0.25) is 4.98 Å². The first-order valence-electron chi connectivity index (χ1n) is 8.08. The third kappa shape index (κ3) is 5.96. The molecule has 2 rings (SSSR count). The molecular weight excluding hydrogens is 270 g/mol. The van der Waals surface area contributed by atoms with Crippen LogP contribution in [0, 0.1) is 0 Å². The quantitative estimate of drug-likeness (QED) is 0.785. The molecule has 0 bridgehead atoms. The highest BCUT2D eigenvalue weighted by atomic mass is 14.9. The van der Waals surface area contributed by atoms with E-state index in [1.54, 1.807) is 0 Å². The zero-order valence-electron chi connectivity index (χ0n) is 13.8. The van der Waals surface area contributed by atoms with E-state index in [4.69, 9.17) is 0 Å². The molecule has 0 aliphatic rings. The molecule has 3 heteroatoms. The molecule has 0 fully saturated rings. The van der Waals surface area contributed by atoms with Gasteiger partial charge in [0, 0.05) is 31.4 Å². The minimum absolute atomic E-state index is 0.432. The molecule has 0 aliphatic carbocycles. The van der Waals surface area contributed by atoms with E-state index < -0.39 is 0 Å². The summed E-state index contributed by atoms with van der Waals surface area (Å²) >= 11 is 0. The van der Waals surface area contributed by atoms with E-state index in [-0.39, 0.29) is 0 Å². The summed E-state index contributed by atoms with van der Waals surface area (Å²) in [5.74, 6) is 0. The molecule has 1 heterocycles. The van der Waals surface area contributed by atoms with Crippen molar-refractivity contribution in [1.29, 1.82) is 0 Å². The van der Waals surface area contributed by atoms with Crippen LogP contribution in [0.1, 0.15) is 37.6 Å².